The Hall–Kier alpha value is -2.40. The molecule has 4 nitrogen and oxygen atoms in total. The van der Waals surface area contributed by atoms with Gasteiger partial charge in [-0.3, -0.25) is 4.79 Å². The third kappa shape index (κ3) is 3.19. The minimum absolute atomic E-state index is 0.00858. The highest BCUT2D eigenvalue weighted by atomic mass is 32.1. The monoisotopic (exact) mass is 325 g/mol. The minimum Gasteiger partial charge on any atom is -0.350 e. The number of benzene rings is 1. The topological polar surface area (TPSA) is 38.1 Å². The van der Waals surface area contributed by atoms with Gasteiger partial charge >= 0.3 is 0 Å². The number of rotatable bonds is 4. The molecule has 0 bridgehead atoms. The second-order valence-electron chi connectivity index (χ2n) is 5.60. The lowest BCUT2D eigenvalue weighted by molar-refractivity contribution is -0.125. The molecule has 0 saturated carbocycles. The van der Waals surface area contributed by atoms with E-state index >= 15 is 0 Å². The summed E-state index contributed by atoms with van der Waals surface area (Å²) in [5, 5.41) is 1.15. The number of para-hydroxylation sites is 1. The Balaban J connectivity index is 1.76. The van der Waals surface area contributed by atoms with E-state index in [0.717, 1.165) is 27.0 Å². The summed E-state index contributed by atoms with van der Waals surface area (Å²) in [6.07, 6.45) is 5.57. The lowest BCUT2D eigenvalue weighted by atomic mass is 10.1. The maximum Gasteiger partial charge on any atom is 0.246 e. The molecule has 0 saturated heterocycles. The van der Waals surface area contributed by atoms with E-state index in [1.807, 2.05) is 50.9 Å². The first-order valence-electron chi connectivity index (χ1n) is 7.42. The number of fused-ring (bicyclic) bond motifs is 1. The van der Waals surface area contributed by atoms with Crippen molar-refractivity contribution in [1.82, 2.24) is 14.5 Å². The van der Waals surface area contributed by atoms with Crippen molar-refractivity contribution in [1.29, 1.82) is 0 Å². The molecule has 5 heteroatoms. The van der Waals surface area contributed by atoms with E-state index < -0.39 is 0 Å². The Labute approximate surface area is 139 Å². The fourth-order valence-electron chi connectivity index (χ4n) is 2.57. The fourth-order valence-corrected chi connectivity index (χ4v) is 3.39. The summed E-state index contributed by atoms with van der Waals surface area (Å²) in [4.78, 5) is 19.4. The van der Waals surface area contributed by atoms with Crippen molar-refractivity contribution in [3.8, 4) is 0 Å². The van der Waals surface area contributed by atoms with E-state index in [9.17, 15) is 4.79 Å². The predicted molar refractivity (Wildman–Crippen MR) is 95.3 cm³/mol. The zero-order valence-electron chi connectivity index (χ0n) is 13.5. The first-order chi connectivity index (χ1) is 11.1. The van der Waals surface area contributed by atoms with Gasteiger partial charge in [0.1, 0.15) is 0 Å². The number of hydrogen-bond acceptors (Lipinski definition) is 3. The van der Waals surface area contributed by atoms with Crippen LogP contribution in [0.2, 0.25) is 0 Å². The SMILES string of the molecule is Cc1ncsc1CN(C)C(=O)/C=C/c1cn(C)c2ccccc12. The van der Waals surface area contributed by atoms with Crippen molar-refractivity contribution in [3.05, 3.63) is 58.2 Å². The number of likely N-dealkylation sites (N-methyl/N-ethyl adjacent to an activating group) is 1. The van der Waals surface area contributed by atoms with Gasteiger partial charge in [0.2, 0.25) is 5.91 Å². The zero-order chi connectivity index (χ0) is 16.4. The summed E-state index contributed by atoms with van der Waals surface area (Å²) in [6.45, 7) is 2.56. The summed E-state index contributed by atoms with van der Waals surface area (Å²) in [5.74, 6) is -0.00858. The zero-order valence-corrected chi connectivity index (χ0v) is 14.3. The van der Waals surface area contributed by atoms with Gasteiger partial charge in [0.05, 0.1) is 17.7 Å². The van der Waals surface area contributed by atoms with Crippen LogP contribution in [0.25, 0.3) is 17.0 Å². The van der Waals surface area contributed by atoms with Gasteiger partial charge in [-0.1, -0.05) is 18.2 Å². The lowest BCUT2D eigenvalue weighted by Crippen LogP contribution is -2.23. The number of hydrogen-bond donors (Lipinski definition) is 0. The van der Waals surface area contributed by atoms with Gasteiger partial charge in [-0.2, -0.15) is 0 Å². The molecule has 0 spiro atoms. The Bertz CT molecular complexity index is 875. The van der Waals surface area contributed by atoms with Crippen molar-refractivity contribution >= 4 is 34.2 Å². The van der Waals surface area contributed by atoms with Gasteiger partial charge < -0.3 is 9.47 Å². The van der Waals surface area contributed by atoms with Crippen LogP contribution in [0.1, 0.15) is 16.1 Å². The average Bonchev–Trinajstić information content (AvgIpc) is 3.09. The Morgan fingerprint density at radius 1 is 1.39 bits per heavy atom. The Kier molecular flexibility index (Phi) is 4.30. The van der Waals surface area contributed by atoms with Gasteiger partial charge in [-0.05, 0) is 19.1 Å². The standard InChI is InChI=1S/C18H19N3OS/c1-13-17(23-12-19-13)11-21(3)18(22)9-8-14-10-20(2)16-7-5-4-6-15(14)16/h4-10,12H,11H2,1-3H3/b9-8+. The van der Waals surface area contributed by atoms with Gasteiger partial charge in [0.25, 0.3) is 0 Å². The minimum atomic E-state index is -0.00858. The number of nitrogens with zero attached hydrogens (tertiary/aromatic N) is 3. The van der Waals surface area contributed by atoms with E-state index in [2.05, 4.69) is 21.7 Å². The molecule has 1 aromatic carbocycles. The molecule has 0 radical (unpaired) electrons. The molecule has 0 unspecified atom stereocenters. The number of aryl methyl sites for hydroxylation is 2. The van der Waals surface area contributed by atoms with Gasteiger partial charge in [0, 0.05) is 47.7 Å². The molecule has 3 aromatic rings. The Morgan fingerprint density at radius 2 is 2.17 bits per heavy atom. The third-order valence-corrected chi connectivity index (χ3v) is 4.85. The summed E-state index contributed by atoms with van der Waals surface area (Å²) in [6, 6.07) is 8.18. The molecular formula is C18H19N3OS. The quantitative estimate of drug-likeness (QED) is 0.687. The largest absolute Gasteiger partial charge is 0.350 e. The molecule has 2 aromatic heterocycles. The molecule has 2 heterocycles. The van der Waals surface area contributed by atoms with Crippen LogP contribution < -0.4 is 0 Å². The highest BCUT2D eigenvalue weighted by molar-refractivity contribution is 7.09. The smallest absolute Gasteiger partial charge is 0.246 e. The molecule has 118 valence electrons. The summed E-state index contributed by atoms with van der Waals surface area (Å²) in [7, 11) is 3.83. The van der Waals surface area contributed by atoms with Crippen molar-refractivity contribution in [2.75, 3.05) is 7.05 Å². The number of thiazole rings is 1. The molecule has 0 aliphatic heterocycles. The predicted octanol–water partition coefficient (Wildman–Crippen LogP) is 3.62. The molecule has 3 rings (SSSR count). The van der Waals surface area contributed by atoms with Crippen LogP contribution in [0.3, 0.4) is 0 Å². The van der Waals surface area contributed by atoms with Crippen LogP contribution in [0.15, 0.2) is 42.0 Å². The van der Waals surface area contributed by atoms with Gasteiger partial charge in [0.15, 0.2) is 0 Å². The fraction of sp³-hybridized carbons (Fsp3) is 0.222. The number of carbonyl (C=O) groups is 1. The average molecular weight is 325 g/mol. The summed E-state index contributed by atoms with van der Waals surface area (Å²) in [5.41, 5.74) is 5.02. The highest BCUT2D eigenvalue weighted by Crippen LogP contribution is 2.21. The van der Waals surface area contributed by atoms with Crippen molar-refractivity contribution in [2.45, 2.75) is 13.5 Å². The maximum absolute atomic E-state index is 12.3. The Morgan fingerprint density at radius 3 is 2.91 bits per heavy atom. The molecule has 1 amide bonds. The maximum atomic E-state index is 12.3. The molecule has 23 heavy (non-hydrogen) atoms. The summed E-state index contributed by atoms with van der Waals surface area (Å²) < 4.78 is 2.07. The molecular weight excluding hydrogens is 306 g/mol. The molecule has 0 fully saturated rings. The van der Waals surface area contributed by atoms with Crippen molar-refractivity contribution in [3.63, 3.8) is 0 Å². The van der Waals surface area contributed by atoms with Crippen molar-refractivity contribution < 1.29 is 4.79 Å². The highest BCUT2D eigenvalue weighted by Gasteiger charge is 2.10. The number of carbonyl (C=O) groups excluding carboxylic acids is 1. The van der Waals surface area contributed by atoms with Crippen molar-refractivity contribution in [2.24, 2.45) is 7.05 Å². The first kappa shape index (κ1) is 15.5. The number of aromatic nitrogens is 2. The van der Waals surface area contributed by atoms with Gasteiger partial charge in [-0.15, -0.1) is 11.3 Å². The van der Waals surface area contributed by atoms with Crippen LogP contribution in [0.4, 0.5) is 0 Å². The molecule has 0 aliphatic carbocycles. The molecule has 0 N–H and O–H groups in total. The summed E-state index contributed by atoms with van der Waals surface area (Å²) >= 11 is 1.58. The van der Waals surface area contributed by atoms with Crippen LogP contribution in [-0.4, -0.2) is 27.4 Å². The normalized spacial score (nSPS) is 11.4. The van der Waals surface area contributed by atoms with E-state index in [1.165, 1.54) is 0 Å². The van der Waals surface area contributed by atoms with Crippen LogP contribution in [0, 0.1) is 6.92 Å². The molecule has 0 aliphatic rings. The van der Waals surface area contributed by atoms with E-state index in [1.54, 1.807) is 22.3 Å². The first-order valence-corrected chi connectivity index (χ1v) is 8.30. The van der Waals surface area contributed by atoms with Crippen LogP contribution in [0.5, 0.6) is 0 Å². The van der Waals surface area contributed by atoms with Crippen LogP contribution >= 0.6 is 11.3 Å². The number of amides is 1. The second kappa shape index (κ2) is 6.38. The lowest BCUT2D eigenvalue weighted by Gasteiger charge is -2.14. The third-order valence-electron chi connectivity index (χ3n) is 3.94. The second-order valence-corrected chi connectivity index (χ2v) is 6.54. The van der Waals surface area contributed by atoms with E-state index in [4.69, 9.17) is 0 Å². The van der Waals surface area contributed by atoms with Crippen LogP contribution in [-0.2, 0) is 18.4 Å². The van der Waals surface area contributed by atoms with E-state index in [0.29, 0.717) is 6.54 Å². The molecule has 0 atom stereocenters. The van der Waals surface area contributed by atoms with E-state index in [-0.39, 0.29) is 5.91 Å². The van der Waals surface area contributed by atoms with Gasteiger partial charge in [-0.25, -0.2) is 4.98 Å².